The van der Waals surface area contributed by atoms with Crippen LogP contribution in [0.3, 0.4) is 0 Å². The summed E-state index contributed by atoms with van der Waals surface area (Å²) in [7, 11) is 0. The Morgan fingerprint density at radius 2 is 2.29 bits per heavy atom. The van der Waals surface area contributed by atoms with Gasteiger partial charge in [0.1, 0.15) is 17.3 Å². The van der Waals surface area contributed by atoms with Crippen LogP contribution < -0.4 is 15.2 Å². The number of ether oxygens (including phenoxy) is 2. The smallest absolute Gasteiger partial charge is 0.231 e. The van der Waals surface area contributed by atoms with E-state index < -0.39 is 0 Å². The summed E-state index contributed by atoms with van der Waals surface area (Å²) in [4.78, 5) is 4.57. The van der Waals surface area contributed by atoms with Crippen LogP contribution in [0.2, 0.25) is 5.02 Å². The standard InChI is InChI=1S/C15H14ClN3O2/c1-3-5-19-12(4-2)18-13(15(19)17)9-6-10(16)14-11(7-9)20-8-21-14/h1,6-7H,4-5,8,17H2,2H3. The van der Waals surface area contributed by atoms with Crippen molar-refractivity contribution in [2.24, 2.45) is 0 Å². The number of fused-ring (bicyclic) bond motifs is 1. The van der Waals surface area contributed by atoms with Gasteiger partial charge in [0.2, 0.25) is 6.79 Å². The number of hydrogen-bond donors (Lipinski definition) is 1. The molecule has 1 aromatic carbocycles. The fourth-order valence-corrected chi connectivity index (χ4v) is 2.63. The summed E-state index contributed by atoms with van der Waals surface area (Å²) in [5.41, 5.74) is 7.62. The van der Waals surface area contributed by atoms with Crippen LogP contribution in [0.4, 0.5) is 5.82 Å². The van der Waals surface area contributed by atoms with Gasteiger partial charge in [-0.25, -0.2) is 4.98 Å². The number of nitrogens with zero attached hydrogens (tertiary/aromatic N) is 2. The van der Waals surface area contributed by atoms with Crippen LogP contribution in [0.15, 0.2) is 12.1 Å². The highest BCUT2D eigenvalue weighted by Gasteiger charge is 2.22. The Morgan fingerprint density at radius 3 is 3.00 bits per heavy atom. The van der Waals surface area contributed by atoms with Gasteiger partial charge in [0.05, 0.1) is 11.6 Å². The lowest BCUT2D eigenvalue weighted by molar-refractivity contribution is 0.174. The van der Waals surface area contributed by atoms with Gasteiger partial charge < -0.3 is 19.8 Å². The first-order valence-electron chi connectivity index (χ1n) is 6.53. The minimum Gasteiger partial charge on any atom is -0.454 e. The van der Waals surface area contributed by atoms with Crippen LogP contribution in [-0.4, -0.2) is 16.3 Å². The number of imidazole rings is 1. The lowest BCUT2D eigenvalue weighted by Gasteiger charge is -2.05. The molecule has 0 saturated heterocycles. The van der Waals surface area contributed by atoms with E-state index in [1.165, 1.54) is 0 Å². The first-order valence-corrected chi connectivity index (χ1v) is 6.91. The zero-order chi connectivity index (χ0) is 15.0. The summed E-state index contributed by atoms with van der Waals surface area (Å²) in [5.74, 6) is 5.11. The summed E-state index contributed by atoms with van der Waals surface area (Å²) in [5, 5.41) is 0.476. The molecule has 2 aromatic rings. The number of hydrogen-bond acceptors (Lipinski definition) is 4. The molecule has 108 valence electrons. The maximum atomic E-state index is 6.21. The summed E-state index contributed by atoms with van der Waals surface area (Å²) in [6.07, 6.45) is 6.13. The molecule has 21 heavy (non-hydrogen) atoms. The second-order valence-corrected chi connectivity index (χ2v) is 5.00. The number of benzene rings is 1. The van der Waals surface area contributed by atoms with Crippen LogP contribution >= 0.6 is 11.6 Å². The number of nitrogen functional groups attached to an aromatic ring is 1. The molecule has 6 heteroatoms. The third-order valence-corrected chi connectivity index (χ3v) is 3.63. The molecule has 3 rings (SSSR count). The normalized spacial score (nSPS) is 12.4. The summed E-state index contributed by atoms with van der Waals surface area (Å²) in [6.45, 7) is 2.56. The topological polar surface area (TPSA) is 62.3 Å². The quantitative estimate of drug-likeness (QED) is 0.886. The second kappa shape index (κ2) is 5.23. The molecule has 0 aliphatic carbocycles. The van der Waals surface area contributed by atoms with Crippen LogP contribution in [0.25, 0.3) is 11.3 Å². The Labute approximate surface area is 127 Å². The number of aromatic nitrogens is 2. The Bertz CT molecular complexity index is 746. The van der Waals surface area contributed by atoms with Gasteiger partial charge in [0.25, 0.3) is 0 Å². The number of anilines is 1. The number of aryl methyl sites for hydroxylation is 1. The molecule has 0 spiro atoms. The lowest BCUT2D eigenvalue weighted by atomic mass is 10.1. The van der Waals surface area contributed by atoms with E-state index in [1.807, 2.05) is 17.6 Å². The van der Waals surface area contributed by atoms with Crippen molar-refractivity contribution in [1.29, 1.82) is 0 Å². The van der Waals surface area contributed by atoms with Crippen molar-refractivity contribution in [3.63, 3.8) is 0 Å². The fourth-order valence-electron chi connectivity index (χ4n) is 2.37. The van der Waals surface area contributed by atoms with Gasteiger partial charge in [-0.2, -0.15) is 0 Å². The Kier molecular flexibility index (Phi) is 3.40. The van der Waals surface area contributed by atoms with E-state index in [0.717, 1.165) is 17.8 Å². The molecule has 0 fully saturated rings. The van der Waals surface area contributed by atoms with Crippen molar-refractivity contribution in [2.75, 3.05) is 12.5 Å². The zero-order valence-corrected chi connectivity index (χ0v) is 12.3. The van der Waals surface area contributed by atoms with Crippen molar-refractivity contribution in [1.82, 2.24) is 9.55 Å². The van der Waals surface area contributed by atoms with Crippen molar-refractivity contribution >= 4 is 17.4 Å². The van der Waals surface area contributed by atoms with Gasteiger partial charge in [-0.15, -0.1) is 6.42 Å². The average molecular weight is 304 g/mol. The van der Waals surface area contributed by atoms with Crippen molar-refractivity contribution in [3.05, 3.63) is 23.0 Å². The van der Waals surface area contributed by atoms with Crippen LogP contribution in [0.5, 0.6) is 11.5 Å². The van der Waals surface area contributed by atoms with E-state index in [4.69, 9.17) is 33.2 Å². The Balaban J connectivity index is 2.13. The van der Waals surface area contributed by atoms with Gasteiger partial charge in [-0.05, 0) is 12.1 Å². The minimum absolute atomic E-state index is 0.166. The SMILES string of the molecule is C#CCn1c(CC)nc(-c2cc(Cl)c3c(c2)OCO3)c1N. The van der Waals surface area contributed by atoms with Gasteiger partial charge in [0.15, 0.2) is 11.5 Å². The maximum Gasteiger partial charge on any atom is 0.231 e. The Hall–Kier alpha value is -2.32. The molecule has 0 unspecified atom stereocenters. The maximum absolute atomic E-state index is 6.21. The van der Waals surface area contributed by atoms with Crippen molar-refractivity contribution < 1.29 is 9.47 Å². The van der Waals surface area contributed by atoms with E-state index in [0.29, 0.717) is 34.6 Å². The molecule has 2 heterocycles. The molecule has 0 amide bonds. The highest BCUT2D eigenvalue weighted by molar-refractivity contribution is 6.32. The van der Waals surface area contributed by atoms with Gasteiger partial charge >= 0.3 is 0 Å². The second-order valence-electron chi connectivity index (χ2n) is 4.60. The van der Waals surface area contributed by atoms with Crippen LogP contribution in [0, 0.1) is 12.3 Å². The largest absolute Gasteiger partial charge is 0.454 e. The molecule has 2 N–H and O–H groups in total. The number of rotatable bonds is 3. The molecule has 1 aromatic heterocycles. The van der Waals surface area contributed by atoms with E-state index in [-0.39, 0.29) is 6.79 Å². The van der Waals surface area contributed by atoms with Gasteiger partial charge in [-0.3, -0.25) is 0 Å². The van der Waals surface area contributed by atoms with Gasteiger partial charge in [0, 0.05) is 12.0 Å². The molecular weight excluding hydrogens is 290 g/mol. The molecule has 0 atom stereocenters. The molecular formula is C15H14ClN3O2. The first kappa shape index (κ1) is 13.7. The lowest BCUT2D eigenvalue weighted by Crippen LogP contribution is -2.05. The number of halogens is 1. The first-order chi connectivity index (χ1) is 10.2. The average Bonchev–Trinajstić information content (AvgIpc) is 3.05. The van der Waals surface area contributed by atoms with E-state index in [1.54, 1.807) is 6.07 Å². The van der Waals surface area contributed by atoms with E-state index in [2.05, 4.69) is 10.9 Å². The summed E-state index contributed by atoms with van der Waals surface area (Å²) >= 11 is 6.21. The van der Waals surface area contributed by atoms with Crippen LogP contribution in [0.1, 0.15) is 12.7 Å². The third-order valence-electron chi connectivity index (χ3n) is 3.35. The van der Waals surface area contributed by atoms with Gasteiger partial charge in [-0.1, -0.05) is 24.4 Å². The molecule has 5 nitrogen and oxygen atoms in total. The molecule has 0 bridgehead atoms. The monoisotopic (exact) mass is 303 g/mol. The van der Waals surface area contributed by atoms with Crippen LogP contribution in [-0.2, 0) is 13.0 Å². The fraction of sp³-hybridized carbons (Fsp3) is 0.267. The highest BCUT2D eigenvalue weighted by Crippen LogP contribution is 2.43. The predicted molar refractivity (Wildman–Crippen MR) is 81.4 cm³/mol. The highest BCUT2D eigenvalue weighted by atomic mass is 35.5. The Morgan fingerprint density at radius 1 is 1.48 bits per heavy atom. The minimum atomic E-state index is 0.166. The van der Waals surface area contributed by atoms with Crippen molar-refractivity contribution in [3.8, 4) is 35.1 Å². The van der Waals surface area contributed by atoms with E-state index >= 15 is 0 Å². The predicted octanol–water partition coefficient (Wildman–Crippen LogP) is 2.71. The molecule has 0 saturated carbocycles. The number of nitrogens with two attached hydrogens (primary N) is 1. The van der Waals surface area contributed by atoms with Crippen molar-refractivity contribution in [2.45, 2.75) is 19.9 Å². The third kappa shape index (κ3) is 2.18. The number of terminal acetylenes is 1. The molecule has 1 aliphatic heterocycles. The zero-order valence-electron chi connectivity index (χ0n) is 11.5. The molecule has 1 aliphatic rings. The molecule has 0 radical (unpaired) electrons. The summed E-state index contributed by atoms with van der Waals surface area (Å²) < 4.78 is 12.5. The summed E-state index contributed by atoms with van der Waals surface area (Å²) in [6, 6.07) is 3.60. The van der Waals surface area contributed by atoms with E-state index in [9.17, 15) is 0 Å².